The molecule has 1 fully saturated rings. The Balaban J connectivity index is 1.63. The van der Waals surface area contributed by atoms with E-state index in [9.17, 15) is 14.5 Å². The summed E-state index contributed by atoms with van der Waals surface area (Å²) in [5, 5.41) is 11.4. The molecule has 0 N–H and O–H groups in total. The van der Waals surface area contributed by atoms with Crippen molar-refractivity contribution in [2.75, 3.05) is 38.1 Å². The zero-order valence-corrected chi connectivity index (χ0v) is 16.3. The fraction of sp³-hybridized carbons (Fsp3) is 0.263. The number of likely N-dealkylation sites (N-methyl/N-ethyl adjacent to an activating group) is 1. The SMILES string of the molecule is CN1CCN(c2cc3c(Cl)nc(C=Cc4ccc([N+](=O)[O-])o4)nc3cc2F)CC1. The van der Waals surface area contributed by atoms with Crippen molar-refractivity contribution in [1.82, 2.24) is 14.9 Å². The predicted molar refractivity (Wildman–Crippen MR) is 109 cm³/mol. The maximum atomic E-state index is 14.7. The van der Waals surface area contributed by atoms with Crippen LogP contribution in [0.1, 0.15) is 11.6 Å². The second-order valence-corrected chi connectivity index (χ2v) is 7.11. The van der Waals surface area contributed by atoms with Gasteiger partial charge in [-0.15, -0.1) is 0 Å². The standard InChI is InChI=1S/C19H17ClFN5O3/c1-24-6-8-25(9-7-24)16-10-13-15(11-14(16)21)22-17(23-19(13)20)4-2-12-3-5-18(29-12)26(27)28/h2-5,10-11H,6-9H2,1H3. The molecule has 1 aliphatic heterocycles. The summed E-state index contributed by atoms with van der Waals surface area (Å²) in [7, 11) is 2.04. The van der Waals surface area contributed by atoms with Gasteiger partial charge in [-0.05, 0) is 31.3 Å². The van der Waals surface area contributed by atoms with E-state index in [1.165, 1.54) is 30.4 Å². The molecule has 4 rings (SSSR count). The van der Waals surface area contributed by atoms with Crippen LogP contribution in [0.3, 0.4) is 0 Å². The zero-order valence-electron chi connectivity index (χ0n) is 15.5. The summed E-state index contributed by atoms with van der Waals surface area (Å²) in [5.41, 5.74) is 0.868. The molecule has 1 saturated heterocycles. The molecule has 8 nitrogen and oxygen atoms in total. The highest BCUT2D eigenvalue weighted by Gasteiger charge is 2.19. The van der Waals surface area contributed by atoms with Gasteiger partial charge in [0, 0.05) is 37.6 Å². The minimum Gasteiger partial charge on any atom is -0.401 e. The minimum absolute atomic E-state index is 0.204. The Morgan fingerprint density at radius 2 is 1.97 bits per heavy atom. The normalized spacial score (nSPS) is 15.5. The molecular formula is C19H17ClFN5O3. The minimum atomic E-state index is -0.624. The first-order valence-electron chi connectivity index (χ1n) is 8.93. The van der Waals surface area contributed by atoms with Gasteiger partial charge in [-0.1, -0.05) is 11.6 Å². The fourth-order valence-electron chi connectivity index (χ4n) is 3.17. The van der Waals surface area contributed by atoms with Gasteiger partial charge in [0.05, 0.1) is 17.3 Å². The van der Waals surface area contributed by atoms with E-state index in [2.05, 4.69) is 14.9 Å². The van der Waals surface area contributed by atoms with E-state index in [0.717, 1.165) is 26.2 Å². The first-order valence-corrected chi connectivity index (χ1v) is 9.31. The van der Waals surface area contributed by atoms with E-state index >= 15 is 0 Å². The molecule has 0 amide bonds. The number of fused-ring (bicyclic) bond motifs is 1. The summed E-state index contributed by atoms with van der Waals surface area (Å²) < 4.78 is 19.8. The summed E-state index contributed by atoms with van der Waals surface area (Å²) in [4.78, 5) is 22.8. The zero-order chi connectivity index (χ0) is 20.5. The highest BCUT2D eigenvalue weighted by atomic mass is 35.5. The van der Waals surface area contributed by atoms with Gasteiger partial charge in [0.15, 0.2) is 5.82 Å². The number of aromatic nitrogens is 2. The number of nitrogens with zero attached hydrogens (tertiary/aromatic N) is 5. The predicted octanol–water partition coefficient (Wildman–Crippen LogP) is 3.85. The van der Waals surface area contributed by atoms with Crippen LogP contribution in [0.15, 0.2) is 28.7 Å². The van der Waals surface area contributed by atoms with Crippen molar-refractivity contribution in [2.45, 2.75) is 0 Å². The third kappa shape index (κ3) is 4.06. The van der Waals surface area contributed by atoms with Crippen LogP contribution in [0.5, 0.6) is 0 Å². The molecule has 1 aliphatic rings. The average Bonchev–Trinajstić information content (AvgIpc) is 3.16. The third-order valence-electron chi connectivity index (χ3n) is 4.77. The summed E-state index contributed by atoms with van der Waals surface area (Å²) in [6.45, 7) is 3.17. The van der Waals surface area contributed by atoms with Crippen molar-refractivity contribution in [1.29, 1.82) is 0 Å². The quantitative estimate of drug-likeness (QED) is 0.362. The molecule has 3 heterocycles. The third-order valence-corrected chi connectivity index (χ3v) is 5.06. The molecule has 0 unspecified atom stereocenters. The Kier molecular flexibility index (Phi) is 5.16. The number of nitro groups is 1. The maximum Gasteiger partial charge on any atom is 0.433 e. The molecule has 0 radical (unpaired) electrons. The van der Waals surface area contributed by atoms with Crippen LogP contribution in [0.4, 0.5) is 16.0 Å². The molecule has 1 aromatic carbocycles. The Morgan fingerprint density at radius 1 is 1.21 bits per heavy atom. The second-order valence-electron chi connectivity index (χ2n) is 6.75. The highest BCUT2D eigenvalue weighted by molar-refractivity contribution is 6.34. The van der Waals surface area contributed by atoms with Crippen molar-refractivity contribution in [3.8, 4) is 0 Å². The Hall–Kier alpha value is -3.04. The first-order chi connectivity index (χ1) is 13.9. The lowest BCUT2D eigenvalue weighted by molar-refractivity contribution is -0.402. The van der Waals surface area contributed by atoms with Crippen molar-refractivity contribution in [3.63, 3.8) is 0 Å². The Bertz CT molecular complexity index is 1110. The molecule has 0 spiro atoms. The fourth-order valence-corrected chi connectivity index (χ4v) is 3.41. The van der Waals surface area contributed by atoms with E-state index in [4.69, 9.17) is 16.0 Å². The number of rotatable bonds is 4. The van der Waals surface area contributed by atoms with E-state index < -0.39 is 4.92 Å². The lowest BCUT2D eigenvalue weighted by atomic mass is 10.1. The van der Waals surface area contributed by atoms with Gasteiger partial charge in [-0.3, -0.25) is 10.1 Å². The van der Waals surface area contributed by atoms with Crippen LogP contribution < -0.4 is 4.90 Å². The molecule has 0 bridgehead atoms. The molecule has 10 heteroatoms. The van der Waals surface area contributed by atoms with E-state index in [0.29, 0.717) is 16.6 Å². The highest BCUT2D eigenvalue weighted by Crippen LogP contribution is 2.30. The van der Waals surface area contributed by atoms with E-state index in [-0.39, 0.29) is 28.4 Å². The van der Waals surface area contributed by atoms with Gasteiger partial charge >= 0.3 is 5.88 Å². The van der Waals surface area contributed by atoms with Crippen LogP contribution in [0.25, 0.3) is 23.1 Å². The van der Waals surface area contributed by atoms with Crippen LogP contribution >= 0.6 is 11.6 Å². The van der Waals surface area contributed by atoms with E-state index in [1.807, 2.05) is 11.9 Å². The lowest BCUT2D eigenvalue weighted by Crippen LogP contribution is -2.44. The largest absolute Gasteiger partial charge is 0.433 e. The van der Waals surface area contributed by atoms with Gasteiger partial charge in [0.25, 0.3) is 0 Å². The Morgan fingerprint density at radius 3 is 2.66 bits per heavy atom. The second kappa shape index (κ2) is 7.76. The molecule has 0 aliphatic carbocycles. The van der Waals surface area contributed by atoms with E-state index in [1.54, 1.807) is 6.07 Å². The van der Waals surface area contributed by atoms with Crippen molar-refractivity contribution >= 4 is 46.2 Å². The van der Waals surface area contributed by atoms with Gasteiger partial charge in [0.1, 0.15) is 21.7 Å². The summed E-state index contributed by atoms with van der Waals surface area (Å²) in [6, 6.07) is 5.75. The summed E-state index contributed by atoms with van der Waals surface area (Å²) in [5.74, 6) is -0.213. The smallest absolute Gasteiger partial charge is 0.401 e. The molecular weight excluding hydrogens is 401 g/mol. The van der Waals surface area contributed by atoms with Crippen molar-refractivity contribution in [2.24, 2.45) is 0 Å². The number of hydrogen-bond donors (Lipinski definition) is 0. The lowest BCUT2D eigenvalue weighted by Gasteiger charge is -2.34. The van der Waals surface area contributed by atoms with Crippen molar-refractivity contribution < 1.29 is 13.7 Å². The first kappa shape index (κ1) is 19.3. The van der Waals surface area contributed by atoms with Gasteiger partial charge < -0.3 is 14.2 Å². The average molecular weight is 418 g/mol. The monoisotopic (exact) mass is 417 g/mol. The molecule has 0 atom stereocenters. The molecule has 2 aromatic heterocycles. The molecule has 150 valence electrons. The number of furan rings is 1. The number of benzene rings is 1. The number of hydrogen-bond acceptors (Lipinski definition) is 7. The topological polar surface area (TPSA) is 88.5 Å². The summed E-state index contributed by atoms with van der Waals surface area (Å²) >= 11 is 6.33. The van der Waals surface area contributed by atoms with Gasteiger partial charge in [-0.2, -0.15) is 0 Å². The maximum absolute atomic E-state index is 14.7. The van der Waals surface area contributed by atoms with Gasteiger partial charge in [-0.25, -0.2) is 14.4 Å². The molecule has 29 heavy (non-hydrogen) atoms. The van der Waals surface area contributed by atoms with Crippen molar-refractivity contribution in [3.05, 3.63) is 56.9 Å². The Labute approximate surface area is 170 Å². The number of piperazine rings is 1. The molecule has 3 aromatic rings. The van der Waals surface area contributed by atoms with Crippen LogP contribution in [0, 0.1) is 15.9 Å². The van der Waals surface area contributed by atoms with Crippen LogP contribution in [-0.4, -0.2) is 53.0 Å². The number of halogens is 2. The number of anilines is 1. The molecule has 0 saturated carbocycles. The van der Waals surface area contributed by atoms with Crippen LogP contribution in [0.2, 0.25) is 5.15 Å². The summed E-state index contributed by atoms with van der Waals surface area (Å²) in [6.07, 6.45) is 2.99. The van der Waals surface area contributed by atoms with Crippen LogP contribution in [-0.2, 0) is 0 Å². The van der Waals surface area contributed by atoms with Gasteiger partial charge in [0.2, 0.25) is 0 Å².